The molecule has 0 spiro atoms. The van der Waals surface area contributed by atoms with Crippen LogP contribution in [-0.4, -0.2) is 38.7 Å². The summed E-state index contributed by atoms with van der Waals surface area (Å²) >= 11 is 0. The quantitative estimate of drug-likeness (QED) is 0.596. The van der Waals surface area contributed by atoms with E-state index >= 15 is 0 Å². The molecule has 2 aromatic heterocycles. The van der Waals surface area contributed by atoms with Crippen molar-refractivity contribution in [3.8, 4) is 0 Å². The van der Waals surface area contributed by atoms with Crippen LogP contribution in [0.25, 0.3) is 0 Å². The van der Waals surface area contributed by atoms with Crippen molar-refractivity contribution in [1.82, 2.24) is 25.1 Å². The molecule has 8 nitrogen and oxygen atoms in total. The zero-order valence-electron chi connectivity index (χ0n) is 18.9. The van der Waals surface area contributed by atoms with Crippen LogP contribution in [0.2, 0.25) is 0 Å². The van der Waals surface area contributed by atoms with Crippen LogP contribution in [0.4, 0.5) is 5.95 Å². The highest BCUT2D eigenvalue weighted by Gasteiger charge is 2.20. The second kappa shape index (κ2) is 9.38. The van der Waals surface area contributed by atoms with E-state index < -0.39 is 0 Å². The molecule has 1 aliphatic heterocycles. The number of amides is 1. The fraction of sp³-hybridized carbons (Fsp3) is 0.417. The third-order valence-electron chi connectivity index (χ3n) is 6.17. The highest BCUT2D eigenvalue weighted by Crippen LogP contribution is 2.20. The first-order valence-electron chi connectivity index (χ1n) is 11.1. The van der Waals surface area contributed by atoms with Gasteiger partial charge >= 0.3 is 0 Å². The number of rotatable bonds is 7. The Morgan fingerprint density at radius 1 is 1.16 bits per heavy atom. The fourth-order valence-corrected chi connectivity index (χ4v) is 4.14. The number of aromatic nitrogens is 4. The summed E-state index contributed by atoms with van der Waals surface area (Å²) in [6.45, 7) is 7.86. The molecule has 0 aliphatic carbocycles. The molecule has 1 fully saturated rings. The lowest BCUT2D eigenvalue weighted by molar-refractivity contribution is -0.122. The monoisotopic (exact) mass is 434 g/mol. The molecular formula is C24H30N6O2. The predicted molar refractivity (Wildman–Crippen MR) is 124 cm³/mol. The summed E-state index contributed by atoms with van der Waals surface area (Å²) < 4.78 is 1.74. The number of carbonyl (C=O) groups is 1. The molecule has 1 atom stereocenters. The molecule has 3 aromatic rings. The van der Waals surface area contributed by atoms with E-state index in [0.29, 0.717) is 18.1 Å². The Morgan fingerprint density at radius 3 is 2.53 bits per heavy atom. The molecule has 168 valence electrons. The van der Waals surface area contributed by atoms with E-state index in [0.717, 1.165) is 48.4 Å². The molecule has 0 unspecified atom stereocenters. The summed E-state index contributed by atoms with van der Waals surface area (Å²) in [5.41, 5.74) is 4.46. The Morgan fingerprint density at radius 2 is 1.88 bits per heavy atom. The lowest BCUT2D eigenvalue weighted by Crippen LogP contribution is -2.34. The van der Waals surface area contributed by atoms with Crippen molar-refractivity contribution in [2.75, 3.05) is 18.0 Å². The molecule has 4 rings (SSSR count). The van der Waals surface area contributed by atoms with Gasteiger partial charge in [-0.25, -0.2) is 4.98 Å². The van der Waals surface area contributed by atoms with Crippen LogP contribution < -0.4 is 15.8 Å². The first kappa shape index (κ1) is 21.8. The first-order valence-corrected chi connectivity index (χ1v) is 11.1. The van der Waals surface area contributed by atoms with Crippen LogP contribution in [0.15, 0.2) is 41.2 Å². The molecular weight excluding hydrogens is 404 g/mol. The van der Waals surface area contributed by atoms with Gasteiger partial charge in [0.1, 0.15) is 6.54 Å². The van der Waals surface area contributed by atoms with Crippen molar-refractivity contribution >= 4 is 11.9 Å². The lowest BCUT2D eigenvalue weighted by Gasteiger charge is -2.21. The van der Waals surface area contributed by atoms with E-state index in [1.165, 1.54) is 6.07 Å². The van der Waals surface area contributed by atoms with Gasteiger partial charge < -0.3 is 10.2 Å². The van der Waals surface area contributed by atoms with Crippen molar-refractivity contribution in [2.45, 2.75) is 52.6 Å². The van der Waals surface area contributed by atoms with Gasteiger partial charge in [-0.15, -0.1) is 0 Å². The minimum absolute atomic E-state index is 0.130. The molecule has 1 saturated heterocycles. The van der Waals surface area contributed by atoms with E-state index in [1.807, 2.05) is 51.1 Å². The number of nitrogens with one attached hydrogen (secondary N) is 2. The predicted octanol–water partition coefficient (Wildman–Crippen LogP) is 2.59. The molecule has 1 amide bonds. The van der Waals surface area contributed by atoms with Crippen LogP contribution in [-0.2, 0) is 17.8 Å². The fourth-order valence-electron chi connectivity index (χ4n) is 4.14. The largest absolute Gasteiger partial charge is 0.347 e. The number of aromatic amines is 1. The maximum absolute atomic E-state index is 12.9. The van der Waals surface area contributed by atoms with Gasteiger partial charge in [0.05, 0.1) is 17.4 Å². The Kier molecular flexibility index (Phi) is 6.39. The van der Waals surface area contributed by atoms with Gasteiger partial charge in [-0.1, -0.05) is 30.3 Å². The van der Waals surface area contributed by atoms with E-state index in [-0.39, 0.29) is 24.1 Å². The van der Waals surface area contributed by atoms with Gasteiger partial charge in [-0.2, -0.15) is 5.10 Å². The molecule has 1 aliphatic rings. The number of H-pyrrole nitrogens is 1. The number of nitrogens with zero attached hydrogens (tertiary/aromatic N) is 4. The SMILES string of the molecule is Cc1nn(CC(=O)N[C@@H](Cc2cc(=O)[nH]c(N3CCCC3)n2)c2ccccc2)c(C)c1C. The number of hydrogen-bond acceptors (Lipinski definition) is 5. The molecule has 2 N–H and O–H groups in total. The van der Waals surface area contributed by atoms with Gasteiger partial charge in [-0.05, 0) is 44.7 Å². The molecule has 0 bridgehead atoms. The molecule has 1 aromatic carbocycles. The maximum Gasteiger partial charge on any atom is 0.252 e. The Balaban J connectivity index is 1.56. The summed E-state index contributed by atoms with van der Waals surface area (Å²) in [6, 6.07) is 11.0. The van der Waals surface area contributed by atoms with Crippen LogP contribution in [0.3, 0.4) is 0 Å². The summed E-state index contributed by atoms with van der Waals surface area (Å²) in [6.07, 6.45) is 2.63. The van der Waals surface area contributed by atoms with Crippen molar-refractivity contribution in [3.05, 3.63) is 75.0 Å². The number of hydrogen-bond donors (Lipinski definition) is 2. The van der Waals surface area contributed by atoms with Gasteiger partial charge in [0.25, 0.3) is 5.56 Å². The van der Waals surface area contributed by atoms with Crippen LogP contribution in [0, 0.1) is 20.8 Å². The molecule has 0 saturated carbocycles. The molecule has 3 heterocycles. The molecule has 8 heteroatoms. The van der Waals surface area contributed by atoms with Crippen LogP contribution in [0.1, 0.15) is 47.1 Å². The first-order chi connectivity index (χ1) is 15.4. The van der Waals surface area contributed by atoms with Gasteiger partial charge in [0, 0.05) is 31.3 Å². The van der Waals surface area contributed by atoms with E-state index in [4.69, 9.17) is 4.98 Å². The summed E-state index contributed by atoms with van der Waals surface area (Å²) in [4.78, 5) is 34.9. The van der Waals surface area contributed by atoms with Crippen molar-refractivity contribution in [1.29, 1.82) is 0 Å². The average Bonchev–Trinajstić information content (AvgIpc) is 3.39. The van der Waals surface area contributed by atoms with Crippen molar-refractivity contribution < 1.29 is 4.79 Å². The van der Waals surface area contributed by atoms with Gasteiger partial charge in [0.15, 0.2) is 0 Å². The number of benzene rings is 1. The summed E-state index contributed by atoms with van der Waals surface area (Å²) in [5.74, 6) is 0.482. The Bertz CT molecular complexity index is 1150. The second-order valence-corrected chi connectivity index (χ2v) is 8.44. The van der Waals surface area contributed by atoms with E-state index in [1.54, 1.807) is 4.68 Å². The number of aryl methyl sites for hydroxylation is 1. The van der Waals surface area contributed by atoms with Crippen molar-refractivity contribution in [2.24, 2.45) is 0 Å². The summed E-state index contributed by atoms with van der Waals surface area (Å²) in [5, 5.41) is 7.60. The summed E-state index contributed by atoms with van der Waals surface area (Å²) in [7, 11) is 0. The molecule has 0 radical (unpaired) electrons. The topological polar surface area (TPSA) is 95.9 Å². The van der Waals surface area contributed by atoms with Gasteiger partial charge in [0.2, 0.25) is 11.9 Å². The third-order valence-corrected chi connectivity index (χ3v) is 6.17. The highest BCUT2D eigenvalue weighted by molar-refractivity contribution is 5.76. The van der Waals surface area contributed by atoms with Gasteiger partial charge in [-0.3, -0.25) is 19.3 Å². The standard InChI is InChI=1S/C24H30N6O2/c1-16-17(2)28-30(18(16)3)15-23(32)26-21(19-9-5-4-6-10-19)13-20-14-22(31)27-24(25-20)29-11-7-8-12-29/h4-6,9-10,14,21H,7-8,11-13,15H2,1-3H3,(H,26,32)(H,25,27,31)/t21-/m0/s1. The molecule has 32 heavy (non-hydrogen) atoms. The van der Waals surface area contributed by atoms with Crippen molar-refractivity contribution in [3.63, 3.8) is 0 Å². The second-order valence-electron chi connectivity index (χ2n) is 8.44. The zero-order chi connectivity index (χ0) is 22.7. The Labute approximate surface area is 187 Å². The lowest BCUT2D eigenvalue weighted by atomic mass is 10.0. The smallest absolute Gasteiger partial charge is 0.252 e. The number of carbonyl (C=O) groups excluding carboxylic acids is 1. The van der Waals surface area contributed by atoms with Crippen LogP contribution in [0.5, 0.6) is 0 Å². The zero-order valence-corrected chi connectivity index (χ0v) is 18.9. The van der Waals surface area contributed by atoms with E-state index in [9.17, 15) is 9.59 Å². The van der Waals surface area contributed by atoms with E-state index in [2.05, 4.69) is 20.3 Å². The van der Waals surface area contributed by atoms with Crippen LogP contribution >= 0.6 is 0 Å². The highest BCUT2D eigenvalue weighted by atomic mass is 16.2. The third kappa shape index (κ3) is 4.90. The normalized spacial score (nSPS) is 14.5. The average molecular weight is 435 g/mol. The minimum atomic E-state index is -0.303. The minimum Gasteiger partial charge on any atom is -0.347 e. The number of anilines is 1. The maximum atomic E-state index is 12.9. The Hall–Kier alpha value is -3.42.